The summed E-state index contributed by atoms with van der Waals surface area (Å²) in [6.45, 7) is 0.341. The Hall–Kier alpha value is -2.01. The van der Waals surface area contributed by atoms with Crippen molar-refractivity contribution < 1.29 is 15.0 Å². The molecule has 2 aromatic rings. The fourth-order valence-corrected chi connectivity index (χ4v) is 2.09. The summed E-state index contributed by atoms with van der Waals surface area (Å²) in [6.07, 6.45) is 0. The van der Waals surface area contributed by atoms with Crippen molar-refractivity contribution in [2.45, 2.75) is 6.54 Å². The maximum absolute atomic E-state index is 11.9. The zero-order chi connectivity index (χ0) is 13.8. The van der Waals surface area contributed by atoms with Crippen molar-refractivity contribution >= 4 is 21.8 Å². The molecule has 0 heterocycles. The summed E-state index contributed by atoms with van der Waals surface area (Å²) in [4.78, 5) is 11.9. The first-order chi connectivity index (χ1) is 9.08. The minimum atomic E-state index is -0.437. The summed E-state index contributed by atoms with van der Waals surface area (Å²) < 4.78 is 0.930. The van der Waals surface area contributed by atoms with Crippen molar-refractivity contribution in [3.05, 3.63) is 58.1 Å². The van der Waals surface area contributed by atoms with Crippen molar-refractivity contribution in [3.63, 3.8) is 0 Å². The number of carbonyl (C=O) groups excluding carboxylic acids is 1. The minimum absolute atomic E-state index is 0.0509. The number of benzene rings is 2. The van der Waals surface area contributed by atoms with E-state index in [4.69, 9.17) is 0 Å². The Morgan fingerprint density at radius 2 is 1.89 bits per heavy atom. The molecular weight excluding hydrogens is 310 g/mol. The predicted molar refractivity (Wildman–Crippen MR) is 75.1 cm³/mol. The van der Waals surface area contributed by atoms with Gasteiger partial charge >= 0.3 is 0 Å². The van der Waals surface area contributed by atoms with Gasteiger partial charge in [-0.3, -0.25) is 4.79 Å². The van der Waals surface area contributed by atoms with E-state index in [9.17, 15) is 15.0 Å². The van der Waals surface area contributed by atoms with Crippen LogP contribution in [-0.2, 0) is 6.54 Å². The molecule has 0 atom stereocenters. The lowest BCUT2D eigenvalue weighted by Gasteiger charge is -2.08. The molecule has 0 saturated heterocycles. The van der Waals surface area contributed by atoms with Crippen LogP contribution in [0, 0.1) is 0 Å². The first-order valence-corrected chi connectivity index (χ1v) is 6.41. The van der Waals surface area contributed by atoms with Gasteiger partial charge in [-0.05, 0) is 29.8 Å². The summed E-state index contributed by atoms with van der Waals surface area (Å²) in [5.41, 5.74) is 0.984. The van der Waals surface area contributed by atoms with Gasteiger partial charge in [-0.15, -0.1) is 0 Å². The Morgan fingerprint density at radius 1 is 1.16 bits per heavy atom. The number of phenolic OH excluding ortho intramolecular Hbond substituents is 2. The molecule has 0 fully saturated rings. The summed E-state index contributed by atoms with van der Waals surface area (Å²) in [5, 5.41) is 21.6. The van der Waals surface area contributed by atoms with Crippen molar-refractivity contribution in [1.82, 2.24) is 5.32 Å². The van der Waals surface area contributed by atoms with Crippen LogP contribution in [0.4, 0.5) is 0 Å². The van der Waals surface area contributed by atoms with Crippen molar-refractivity contribution in [2.75, 3.05) is 0 Å². The first-order valence-electron chi connectivity index (χ1n) is 5.61. The third-order valence-electron chi connectivity index (χ3n) is 2.60. The molecule has 0 aliphatic rings. The minimum Gasteiger partial charge on any atom is -0.504 e. The van der Waals surface area contributed by atoms with Gasteiger partial charge in [0, 0.05) is 11.0 Å². The van der Waals surface area contributed by atoms with E-state index in [-0.39, 0.29) is 11.3 Å². The standard InChI is InChI=1S/C14H12BrNO3/c15-10-4-1-3-9(7-10)8-16-14(19)11-5-2-6-12(17)13(11)18/h1-7,17-18H,8H2,(H,16,19). The Balaban J connectivity index is 2.08. The smallest absolute Gasteiger partial charge is 0.255 e. The van der Waals surface area contributed by atoms with E-state index in [1.54, 1.807) is 0 Å². The van der Waals surface area contributed by atoms with Crippen LogP contribution in [0.3, 0.4) is 0 Å². The quantitative estimate of drug-likeness (QED) is 0.761. The van der Waals surface area contributed by atoms with Gasteiger partial charge in [0.05, 0.1) is 5.56 Å². The Bertz CT molecular complexity index is 613. The lowest BCUT2D eigenvalue weighted by Crippen LogP contribution is -2.22. The number of carbonyl (C=O) groups is 1. The molecule has 2 aromatic carbocycles. The van der Waals surface area contributed by atoms with Crippen LogP contribution in [0.15, 0.2) is 46.9 Å². The highest BCUT2D eigenvalue weighted by molar-refractivity contribution is 9.10. The largest absolute Gasteiger partial charge is 0.504 e. The second kappa shape index (κ2) is 5.75. The van der Waals surface area contributed by atoms with Crippen LogP contribution in [0.2, 0.25) is 0 Å². The van der Waals surface area contributed by atoms with Gasteiger partial charge in [0.1, 0.15) is 0 Å². The van der Waals surface area contributed by atoms with E-state index in [0.717, 1.165) is 10.0 Å². The number of halogens is 1. The predicted octanol–water partition coefficient (Wildman–Crippen LogP) is 2.79. The second-order valence-corrected chi connectivity index (χ2v) is 4.90. The van der Waals surface area contributed by atoms with Crippen LogP contribution in [0.5, 0.6) is 11.5 Å². The number of nitrogens with one attached hydrogen (secondary N) is 1. The molecule has 1 amide bonds. The Morgan fingerprint density at radius 3 is 2.63 bits per heavy atom. The van der Waals surface area contributed by atoms with E-state index in [2.05, 4.69) is 21.2 Å². The van der Waals surface area contributed by atoms with E-state index >= 15 is 0 Å². The van der Waals surface area contributed by atoms with Crippen molar-refractivity contribution in [2.24, 2.45) is 0 Å². The maximum Gasteiger partial charge on any atom is 0.255 e. The maximum atomic E-state index is 11.9. The molecule has 98 valence electrons. The molecule has 19 heavy (non-hydrogen) atoms. The molecule has 5 heteroatoms. The molecule has 0 spiro atoms. The summed E-state index contributed by atoms with van der Waals surface area (Å²) in [5.74, 6) is -1.15. The molecular formula is C14H12BrNO3. The molecule has 0 aromatic heterocycles. The van der Waals surface area contributed by atoms with Crippen LogP contribution in [-0.4, -0.2) is 16.1 Å². The lowest BCUT2D eigenvalue weighted by molar-refractivity contribution is 0.0947. The fraction of sp³-hybridized carbons (Fsp3) is 0.0714. The van der Waals surface area contributed by atoms with Gasteiger partial charge in [-0.25, -0.2) is 0 Å². The number of aromatic hydroxyl groups is 2. The van der Waals surface area contributed by atoms with Gasteiger partial charge in [0.2, 0.25) is 0 Å². The monoisotopic (exact) mass is 321 g/mol. The Kier molecular flexibility index (Phi) is 4.06. The van der Waals surface area contributed by atoms with Gasteiger partial charge in [0.25, 0.3) is 5.91 Å². The number of rotatable bonds is 3. The van der Waals surface area contributed by atoms with Gasteiger partial charge in [0.15, 0.2) is 11.5 Å². The highest BCUT2D eigenvalue weighted by atomic mass is 79.9. The van der Waals surface area contributed by atoms with E-state index in [1.807, 2.05) is 24.3 Å². The van der Waals surface area contributed by atoms with Gasteiger partial charge in [-0.2, -0.15) is 0 Å². The number of amides is 1. The lowest BCUT2D eigenvalue weighted by atomic mass is 10.1. The van der Waals surface area contributed by atoms with E-state index < -0.39 is 11.7 Å². The summed E-state index contributed by atoms with van der Waals surface area (Å²) in [7, 11) is 0. The van der Waals surface area contributed by atoms with Crippen LogP contribution in [0.25, 0.3) is 0 Å². The van der Waals surface area contributed by atoms with Crippen molar-refractivity contribution in [3.8, 4) is 11.5 Å². The zero-order valence-corrected chi connectivity index (χ0v) is 11.5. The highest BCUT2D eigenvalue weighted by Gasteiger charge is 2.13. The molecule has 0 saturated carbocycles. The third kappa shape index (κ3) is 3.26. The molecule has 0 radical (unpaired) electrons. The number of hydrogen-bond donors (Lipinski definition) is 3. The number of phenols is 2. The SMILES string of the molecule is O=C(NCc1cccc(Br)c1)c1cccc(O)c1O. The molecule has 0 bridgehead atoms. The van der Waals surface area contributed by atoms with Crippen LogP contribution in [0.1, 0.15) is 15.9 Å². The highest BCUT2D eigenvalue weighted by Crippen LogP contribution is 2.27. The fourth-order valence-electron chi connectivity index (χ4n) is 1.64. The van der Waals surface area contributed by atoms with E-state index in [0.29, 0.717) is 6.54 Å². The molecule has 3 N–H and O–H groups in total. The second-order valence-electron chi connectivity index (χ2n) is 3.99. The molecule has 4 nitrogen and oxygen atoms in total. The number of para-hydroxylation sites is 1. The topological polar surface area (TPSA) is 69.6 Å². The molecule has 2 rings (SSSR count). The van der Waals surface area contributed by atoms with Crippen molar-refractivity contribution in [1.29, 1.82) is 0 Å². The average molecular weight is 322 g/mol. The normalized spacial score (nSPS) is 10.2. The number of hydrogen-bond acceptors (Lipinski definition) is 3. The van der Waals surface area contributed by atoms with E-state index in [1.165, 1.54) is 18.2 Å². The van der Waals surface area contributed by atoms with Crippen LogP contribution >= 0.6 is 15.9 Å². The summed E-state index contributed by atoms with van der Waals surface area (Å²) >= 11 is 3.35. The summed E-state index contributed by atoms with van der Waals surface area (Å²) in [6, 6.07) is 11.8. The zero-order valence-electron chi connectivity index (χ0n) is 9.93. The first kappa shape index (κ1) is 13.4. The van der Waals surface area contributed by atoms with Crippen LogP contribution < -0.4 is 5.32 Å². The Labute approximate surface area is 118 Å². The molecule has 0 aliphatic heterocycles. The third-order valence-corrected chi connectivity index (χ3v) is 3.09. The van der Waals surface area contributed by atoms with Gasteiger partial charge < -0.3 is 15.5 Å². The molecule has 0 aliphatic carbocycles. The van der Waals surface area contributed by atoms with Gasteiger partial charge in [-0.1, -0.05) is 34.1 Å². The molecule has 0 unspecified atom stereocenters. The average Bonchev–Trinajstić information content (AvgIpc) is 2.39.